The summed E-state index contributed by atoms with van der Waals surface area (Å²) < 4.78 is 14.4. The zero-order valence-corrected chi connectivity index (χ0v) is 12.7. The Morgan fingerprint density at radius 1 is 1.26 bits per heavy atom. The van der Waals surface area contributed by atoms with Gasteiger partial charge in [0.1, 0.15) is 5.82 Å². The first-order valence-electron chi connectivity index (χ1n) is 6.82. The van der Waals surface area contributed by atoms with E-state index in [-0.39, 0.29) is 17.5 Å². The van der Waals surface area contributed by atoms with Crippen LogP contribution in [0.3, 0.4) is 0 Å². The molecule has 1 aromatic rings. The molecule has 4 heteroatoms. The summed E-state index contributed by atoms with van der Waals surface area (Å²) >= 11 is 3.27. The van der Waals surface area contributed by atoms with Crippen LogP contribution >= 0.6 is 15.9 Å². The fourth-order valence-electron chi connectivity index (χ4n) is 2.69. The van der Waals surface area contributed by atoms with Crippen molar-refractivity contribution in [1.29, 1.82) is 0 Å². The quantitative estimate of drug-likeness (QED) is 0.738. The van der Waals surface area contributed by atoms with Crippen LogP contribution in [0.1, 0.15) is 48.9 Å². The average Bonchev–Trinajstić information content (AvgIpc) is 2.66. The molecule has 1 fully saturated rings. The van der Waals surface area contributed by atoms with Crippen LogP contribution in [-0.4, -0.2) is 23.9 Å². The van der Waals surface area contributed by atoms with Crippen molar-refractivity contribution in [2.45, 2.75) is 44.6 Å². The molecule has 2 rings (SSSR count). The Morgan fingerprint density at radius 2 is 1.89 bits per heavy atom. The normalized spacial score (nSPS) is 17.0. The van der Waals surface area contributed by atoms with E-state index in [0.717, 1.165) is 25.7 Å². The maximum absolute atomic E-state index is 13.8. The van der Waals surface area contributed by atoms with Gasteiger partial charge < -0.3 is 4.90 Å². The SMILES string of the molecule is CN(C(=O)c1c(F)cccc1Br)C1CCCCCC1. The van der Waals surface area contributed by atoms with E-state index in [2.05, 4.69) is 15.9 Å². The van der Waals surface area contributed by atoms with Crippen LogP contribution in [0.15, 0.2) is 22.7 Å². The largest absolute Gasteiger partial charge is 0.339 e. The first-order chi connectivity index (χ1) is 9.11. The minimum absolute atomic E-state index is 0.147. The standard InChI is InChI=1S/C15H19BrFNO/c1-18(11-7-4-2-3-5-8-11)15(19)14-12(16)9-6-10-13(14)17/h6,9-11H,2-5,7-8H2,1H3. The predicted molar refractivity (Wildman–Crippen MR) is 77.7 cm³/mol. The number of carbonyl (C=O) groups is 1. The lowest BCUT2D eigenvalue weighted by Gasteiger charge is -2.27. The highest BCUT2D eigenvalue weighted by Gasteiger charge is 2.25. The summed E-state index contributed by atoms with van der Waals surface area (Å²) in [5.74, 6) is -0.684. The molecule has 1 aliphatic rings. The number of hydrogen-bond donors (Lipinski definition) is 0. The van der Waals surface area contributed by atoms with Gasteiger partial charge in [-0.15, -0.1) is 0 Å². The van der Waals surface area contributed by atoms with Crippen molar-refractivity contribution in [3.8, 4) is 0 Å². The number of carbonyl (C=O) groups excluding carboxylic acids is 1. The molecule has 0 atom stereocenters. The van der Waals surface area contributed by atoms with Crippen LogP contribution in [0, 0.1) is 5.82 Å². The lowest BCUT2D eigenvalue weighted by atomic mass is 10.1. The van der Waals surface area contributed by atoms with Gasteiger partial charge in [-0.25, -0.2) is 4.39 Å². The Labute approximate surface area is 122 Å². The third kappa shape index (κ3) is 3.35. The van der Waals surface area contributed by atoms with Crippen molar-refractivity contribution in [3.63, 3.8) is 0 Å². The minimum atomic E-state index is -0.458. The molecule has 0 saturated heterocycles. The number of rotatable bonds is 2. The molecule has 1 amide bonds. The molecule has 104 valence electrons. The molecular weight excluding hydrogens is 309 g/mol. The molecule has 0 N–H and O–H groups in total. The first-order valence-corrected chi connectivity index (χ1v) is 7.61. The molecule has 0 aromatic heterocycles. The van der Waals surface area contributed by atoms with Crippen molar-refractivity contribution in [2.75, 3.05) is 7.05 Å². The second-order valence-electron chi connectivity index (χ2n) is 5.16. The molecule has 0 bridgehead atoms. The molecule has 0 heterocycles. The van der Waals surface area contributed by atoms with E-state index in [1.807, 2.05) is 0 Å². The van der Waals surface area contributed by atoms with Crippen molar-refractivity contribution >= 4 is 21.8 Å². The Morgan fingerprint density at radius 3 is 2.47 bits per heavy atom. The predicted octanol–water partition coefficient (Wildman–Crippen LogP) is 4.38. The van der Waals surface area contributed by atoms with Crippen LogP contribution in [0.2, 0.25) is 0 Å². The summed E-state index contributed by atoms with van der Waals surface area (Å²) in [6, 6.07) is 4.87. The smallest absolute Gasteiger partial charge is 0.257 e. The van der Waals surface area contributed by atoms with Gasteiger partial charge in [-0.05, 0) is 40.9 Å². The number of halogens is 2. The lowest BCUT2D eigenvalue weighted by Crippen LogP contribution is -2.37. The van der Waals surface area contributed by atoms with E-state index in [4.69, 9.17) is 0 Å². The van der Waals surface area contributed by atoms with E-state index in [0.29, 0.717) is 4.47 Å². The maximum Gasteiger partial charge on any atom is 0.257 e. The highest BCUT2D eigenvalue weighted by Crippen LogP contribution is 2.25. The molecule has 2 nitrogen and oxygen atoms in total. The summed E-state index contributed by atoms with van der Waals surface area (Å²) in [5, 5.41) is 0. The lowest BCUT2D eigenvalue weighted by molar-refractivity contribution is 0.0712. The zero-order chi connectivity index (χ0) is 13.8. The maximum atomic E-state index is 13.8. The monoisotopic (exact) mass is 327 g/mol. The van der Waals surface area contributed by atoms with E-state index in [9.17, 15) is 9.18 Å². The second-order valence-corrected chi connectivity index (χ2v) is 6.01. The Kier molecular flexibility index (Phi) is 4.97. The minimum Gasteiger partial charge on any atom is -0.339 e. The molecule has 19 heavy (non-hydrogen) atoms. The van der Waals surface area contributed by atoms with Crippen molar-refractivity contribution in [1.82, 2.24) is 4.90 Å². The van der Waals surface area contributed by atoms with Crippen LogP contribution in [0.4, 0.5) is 4.39 Å². The van der Waals surface area contributed by atoms with Gasteiger partial charge in [0.15, 0.2) is 0 Å². The first kappa shape index (κ1) is 14.5. The van der Waals surface area contributed by atoms with Gasteiger partial charge in [-0.2, -0.15) is 0 Å². The highest BCUT2D eigenvalue weighted by molar-refractivity contribution is 9.10. The fourth-order valence-corrected chi connectivity index (χ4v) is 3.20. The van der Waals surface area contributed by atoms with E-state index >= 15 is 0 Å². The van der Waals surface area contributed by atoms with Gasteiger partial charge in [-0.1, -0.05) is 31.7 Å². The van der Waals surface area contributed by atoms with Crippen LogP contribution in [0.25, 0.3) is 0 Å². The number of nitrogens with zero attached hydrogens (tertiary/aromatic N) is 1. The van der Waals surface area contributed by atoms with Crippen molar-refractivity contribution < 1.29 is 9.18 Å². The summed E-state index contributed by atoms with van der Waals surface area (Å²) in [6.07, 6.45) is 6.83. The Balaban J connectivity index is 2.18. The Bertz CT molecular complexity index is 435. The zero-order valence-electron chi connectivity index (χ0n) is 11.2. The molecule has 1 aromatic carbocycles. The van der Waals surface area contributed by atoms with Gasteiger partial charge >= 0.3 is 0 Å². The van der Waals surface area contributed by atoms with Gasteiger partial charge in [0.05, 0.1) is 5.56 Å². The van der Waals surface area contributed by atoms with E-state index in [1.54, 1.807) is 24.1 Å². The summed E-state index contributed by atoms with van der Waals surface area (Å²) in [4.78, 5) is 14.2. The third-order valence-electron chi connectivity index (χ3n) is 3.87. The van der Waals surface area contributed by atoms with Crippen LogP contribution in [-0.2, 0) is 0 Å². The molecule has 0 radical (unpaired) electrons. The van der Waals surface area contributed by atoms with Gasteiger partial charge in [0, 0.05) is 17.6 Å². The van der Waals surface area contributed by atoms with Crippen LogP contribution < -0.4 is 0 Å². The summed E-state index contributed by atoms with van der Waals surface area (Å²) in [5.41, 5.74) is 0.147. The molecule has 0 spiro atoms. The van der Waals surface area contributed by atoms with E-state index < -0.39 is 5.82 Å². The third-order valence-corrected chi connectivity index (χ3v) is 4.53. The fraction of sp³-hybridized carbons (Fsp3) is 0.533. The molecule has 1 saturated carbocycles. The van der Waals surface area contributed by atoms with Gasteiger partial charge in [0.25, 0.3) is 5.91 Å². The summed E-state index contributed by atoms with van der Waals surface area (Å²) in [7, 11) is 1.79. The van der Waals surface area contributed by atoms with Crippen molar-refractivity contribution in [3.05, 3.63) is 34.1 Å². The van der Waals surface area contributed by atoms with Crippen molar-refractivity contribution in [2.24, 2.45) is 0 Å². The summed E-state index contributed by atoms with van der Waals surface area (Å²) in [6.45, 7) is 0. The molecule has 0 unspecified atom stereocenters. The van der Waals surface area contributed by atoms with Gasteiger partial charge in [0.2, 0.25) is 0 Å². The Hall–Kier alpha value is -0.900. The number of benzene rings is 1. The van der Waals surface area contributed by atoms with Gasteiger partial charge in [-0.3, -0.25) is 4.79 Å². The molecular formula is C15H19BrFNO. The second kappa shape index (κ2) is 6.51. The molecule has 1 aliphatic carbocycles. The average molecular weight is 328 g/mol. The number of hydrogen-bond acceptors (Lipinski definition) is 1. The molecule has 0 aliphatic heterocycles. The highest BCUT2D eigenvalue weighted by atomic mass is 79.9. The number of amides is 1. The van der Waals surface area contributed by atoms with Crippen LogP contribution in [0.5, 0.6) is 0 Å². The topological polar surface area (TPSA) is 20.3 Å². The van der Waals surface area contributed by atoms with E-state index in [1.165, 1.54) is 18.9 Å².